The zero-order valence-corrected chi connectivity index (χ0v) is 18.4. The van der Waals surface area contributed by atoms with E-state index in [0.717, 1.165) is 37.8 Å². The summed E-state index contributed by atoms with van der Waals surface area (Å²) in [6, 6.07) is 5.96. The summed E-state index contributed by atoms with van der Waals surface area (Å²) in [7, 11) is 0. The first kappa shape index (κ1) is 24.2. The van der Waals surface area contributed by atoms with Gasteiger partial charge in [0.2, 0.25) is 0 Å². The first-order valence-electron chi connectivity index (χ1n) is 11.5. The Balaban J connectivity index is 1.46. The zero-order chi connectivity index (χ0) is 22.8. The molecule has 1 N–H and O–H groups in total. The average Bonchev–Trinajstić information content (AvgIpc) is 2.79. The van der Waals surface area contributed by atoms with Gasteiger partial charge >= 0.3 is 5.97 Å². The van der Waals surface area contributed by atoms with Crippen LogP contribution in [-0.4, -0.2) is 57.0 Å². The Bertz CT molecular complexity index is 851. The zero-order valence-electron chi connectivity index (χ0n) is 18.4. The number of aliphatic carboxylic acids is 1. The molecular weight excluding hydrogens is 414 g/mol. The second kappa shape index (κ2) is 12.5. The number of pyridine rings is 1. The molecule has 3 rings (SSSR count). The topological polar surface area (TPSA) is 79.2 Å². The quantitative estimate of drug-likeness (QED) is 0.469. The van der Waals surface area contributed by atoms with Crippen LogP contribution in [0.1, 0.15) is 54.7 Å². The van der Waals surface area contributed by atoms with Crippen LogP contribution in [0.2, 0.25) is 0 Å². The van der Waals surface area contributed by atoms with Gasteiger partial charge < -0.3 is 5.11 Å². The van der Waals surface area contributed by atoms with Gasteiger partial charge in [-0.05, 0) is 82.2 Å². The van der Waals surface area contributed by atoms with E-state index in [9.17, 15) is 18.7 Å². The summed E-state index contributed by atoms with van der Waals surface area (Å²) in [6.07, 6.45) is 8.15. The summed E-state index contributed by atoms with van der Waals surface area (Å²) < 4.78 is 26.1. The van der Waals surface area contributed by atoms with Gasteiger partial charge in [0.15, 0.2) is 0 Å². The Morgan fingerprint density at radius 1 is 1.09 bits per heavy atom. The van der Waals surface area contributed by atoms with Crippen molar-refractivity contribution >= 4 is 5.97 Å². The van der Waals surface area contributed by atoms with Gasteiger partial charge in [-0.15, -0.1) is 0 Å². The molecule has 32 heavy (non-hydrogen) atoms. The van der Waals surface area contributed by atoms with Crippen molar-refractivity contribution in [1.82, 2.24) is 19.9 Å². The molecule has 174 valence electrons. The fourth-order valence-electron chi connectivity index (χ4n) is 4.24. The predicted octanol–water partition coefficient (Wildman–Crippen LogP) is 3.97. The molecule has 2 aromatic heterocycles. The minimum Gasteiger partial charge on any atom is -0.481 e. The fourth-order valence-corrected chi connectivity index (χ4v) is 4.24. The number of carboxylic acids is 1. The Kier molecular flexibility index (Phi) is 9.46. The van der Waals surface area contributed by atoms with Gasteiger partial charge in [0.05, 0.1) is 12.5 Å². The molecule has 0 unspecified atom stereocenters. The summed E-state index contributed by atoms with van der Waals surface area (Å²) in [4.78, 5) is 26.0. The number of aryl methyl sites for hydroxylation is 3. The molecule has 0 fully saturated rings. The van der Waals surface area contributed by atoms with Crippen LogP contribution in [0, 0.1) is 5.92 Å². The van der Waals surface area contributed by atoms with E-state index in [0.29, 0.717) is 25.2 Å². The minimum atomic E-state index is -2.44. The lowest BCUT2D eigenvalue weighted by atomic mass is 9.95. The van der Waals surface area contributed by atoms with Crippen molar-refractivity contribution in [2.75, 3.05) is 19.6 Å². The second-order valence-corrected chi connectivity index (χ2v) is 8.49. The van der Waals surface area contributed by atoms with Crippen LogP contribution in [0.4, 0.5) is 8.78 Å². The molecule has 1 atom stereocenters. The normalized spacial score (nSPS) is 14.5. The van der Waals surface area contributed by atoms with Gasteiger partial charge in [0.1, 0.15) is 6.33 Å². The van der Waals surface area contributed by atoms with E-state index in [2.05, 4.69) is 22.1 Å². The van der Waals surface area contributed by atoms with Crippen LogP contribution in [0.25, 0.3) is 0 Å². The van der Waals surface area contributed by atoms with E-state index in [1.54, 1.807) is 17.2 Å². The summed E-state index contributed by atoms with van der Waals surface area (Å²) in [5.41, 5.74) is 4.29. The van der Waals surface area contributed by atoms with Crippen LogP contribution in [0.15, 0.2) is 30.7 Å². The van der Waals surface area contributed by atoms with E-state index in [1.807, 2.05) is 0 Å². The maximum Gasteiger partial charge on any atom is 0.306 e. The predicted molar refractivity (Wildman–Crippen MR) is 118 cm³/mol. The highest BCUT2D eigenvalue weighted by molar-refractivity contribution is 5.70. The molecule has 0 amide bonds. The third-order valence-electron chi connectivity index (χ3n) is 6.03. The lowest BCUT2D eigenvalue weighted by Crippen LogP contribution is -2.33. The Morgan fingerprint density at radius 2 is 1.94 bits per heavy atom. The fraction of sp³-hybridized carbons (Fsp3) is 0.583. The second-order valence-electron chi connectivity index (χ2n) is 8.49. The number of rotatable bonds is 13. The van der Waals surface area contributed by atoms with E-state index in [4.69, 9.17) is 4.98 Å². The van der Waals surface area contributed by atoms with E-state index < -0.39 is 18.3 Å². The summed E-state index contributed by atoms with van der Waals surface area (Å²) in [5.74, 6) is -1.59. The molecule has 0 bridgehead atoms. The highest BCUT2D eigenvalue weighted by Crippen LogP contribution is 2.20. The highest BCUT2D eigenvalue weighted by atomic mass is 19.3. The van der Waals surface area contributed by atoms with Crippen LogP contribution < -0.4 is 0 Å². The lowest BCUT2D eigenvalue weighted by Gasteiger charge is -2.23. The number of fused-ring (bicyclic) bond motifs is 1. The molecule has 0 radical (unpaired) electrons. The van der Waals surface area contributed by atoms with Crippen molar-refractivity contribution in [2.24, 2.45) is 5.92 Å². The van der Waals surface area contributed by atoms with Crippen molar-refractivity contribution in [3.05, 3.63) is 53.4 Å². The number of halogens is 2. The number of carbonyl (C=O) groups is 1. The average molecular weight is 447 g/mol. The van der Waals surface area contributed by atoms with Gasteiger partial charge in [0, 0.05) is 29.7 Å². The van der Waals surface area contributed by atoms with Crippen molar-refractivity contribution in [1.29, 1.82) is 0 Å². The SMILES string of the molecule is O=C(O)[C@H](CCN(CCCCc1ccc2c(n1)CCCC2)CC(F)F)Cc1ccncn1. The number of carboxylic acid groups (broad SMARTS) is 1. The van der Waals surface area contributed by atoms with Gasteiger partial charge in [-0.25, -0.2) is 18.7 Å². The minimum absolute atomic E-state index is 0.268. The third-order valence-corrected chi connectivity index (χ3v) is 6.03. The Hall–Kier alpha value is -2.48. The molecule has 2 aromatic rings. The standard InChI is InChI=1S/C24H32F2N4O2/c25-23(26)16-30(14-11-19(24(31)32)15-21-10-12-27-17-28-21)13-4-3-6-20-9-8-18-5-1-2-7-22(18)29-20/h8-10,12,17,19,23H,1-7,11,13-16H2,(H,31,32)/t19-/m1/s1. The van der Waals surface area contributed by atoms with Crippen LogP contribution in [0.3, 0.4) is 0 Å². The number of hydrogen-bond donors (Lipinski definition) is 1. The molecule has 1 aliphatic rings. The molecule has 0 saturated heterocycles. The van der Waals surface area contributed by atoms with Crippen molar-refractivity contribution in [3.63, 3.8) is 0 Å². The Labute approximate surface area is 188 Å². The monoisotopic (exact) mass is 446 g/mol. The summed E-state index contributed by atoms with van der Waals surface area (Å²) >= 11 is 0. The maximum absolute atomic E-state index is 13.1. The molecule has 1 aliphatic carbocycles. The van der Waals surface area contributed by atoms with Crippen molar-refractivity contribution in [2.45, 2.75) is 64.2 Å². The molecule has 0 saturated carbocycles. The smallest absolute Gasteiger partial charge is 0.306 e. The largest absolute Gasteiger partial charge is 0.481 e. The first-order chi connectivity index (χ1) is 15.5. The lowest BCUT2D eigenvalue weighted by molar-refractivity contribution is -0.142. The van der Waals surface area contributed by atoms with Crippen molar-refractivity contribution < 1.29 is 18.7 Å². The molecule has 2 heterocycles. The van der Waals surface area contributed by atoms with Gasteiger partial charge in [-0.3, -0.25) is 14.7 Å². The van der Waals surface area contributed by atoms with Crippen molar-refractivity contribution in [3.8, 4) is 0 Å². The number of alkyl halides is 2. The Morgan fingerprint density at radius 3 is 2.69 bits per heavy atom. The molecular formula is C24H32F2N4O2. The molecule has 6 nitrogen and oxygen atoms in total. The van der Waals surface area contributed by atoms with Gasteiger partial charge in [0.25, 0.3) is 6.43 Å². The molecule has 0 aromatic carbocycles. The number of hydrogen-bond acceptors (Lipinski definition) is 5. The maximum atomic E-state index is 13.1. The highest BCUT2D eigenvalue weighted by Gasteiger charge is 2.21. The number of nitrogens with zero attached hydrogens (tertiary/aromatic N) is 4. The first-order valence-corrected chi connectivity index (χ1v) is 11.5. The van der Waals surface area contributed by atoms with Gasteiger partial charge in [-0.1, -0.05) is 6.07 Å². The van der Waals surface area contributed by atoms with Crippen LogP contribution in [-0.2, 0) is 30.5 Å². The number of unbranched alkanes of at least 4 members (excludes halogenated alkanes) is 1. The summed E-state index contributed by atoms with van der Waals surface area (Å²) in [6.45, 7) is 0.509. The van der Waals surface area contributed by atoms with Crippen LogP contribution in [0.5, 0.6) is 0 Å². The van der Waals surface area contributed by atoms with Gasteiger partial charge in [-0.2, -0.15) is 0 Å². The molecule has 0 aliphatic heterocycles. The number of aromatic nitrogens is 3. The van der Waals surface area contributed by atoms with E-state index >= 15 is 0 Å². The molecule has 0 spiro atoms. The van der Waals surface area contributed by atoms with E-state index in [1.165, 1.54) is 30.4 Å². The molecule has 8 heteroatoms. The van der Waals surface area contributed by atoms with Crippen LogP contribution >= 0.6 is 0 Å². The van der Waals surface area contributed by atoms with E-state index in [-0.39, 0.29) is 13.0 Å². The summed E-state index contributed by atoms with van der Waals surface area (Å²) in [5, 5.41) is 9.54. The third kappa shape index (κ3) is 7.89.